The Labute approximate surface area is 117 Å². The Balaban J connectivity index is 1.64. The molecule has 20 heavy (non-hydrogen) atoms. The molecule has 0 bridgehead atoms. The number of aromatic nitrogens is 4. The van der Waals surface area contributed by atoms with Crippen LogP contribution in [-0.2, 0) is 6.54 Å². The van der Waals surface area contributed by atoms with Crippen LogP contribution in [0.3, 0.4) is 0 Å². The molecule has 6 nitrogen and oxygen atoms in total. The van der Waals surface area contributed by atoms with Crippen molar-refractivity contribution in [2.45, 2.75) is 20.4 Å². The van der Waals surface area contributed by atoms with Crippen molar-refractivity contribution >= 4 is 5.95 Å². The van der Waals surface area contributed by atoms with E-state index in [0.717, 1.165) is 30.4 Å². The van der Waals surface area contributed by atoms with Gasteiger partial charge in [-0.3, -0.25) is 4.79 Å². The lowest BCUT2D eigenvalue weighted by Gasteiger charge is -2.39. The lowest BCUT2D eigenvalue weighted by Crippen LogP contribution is -2.50. The van der Waals surface area contributed by atoms with Crippen molar-refractivity contribution in [2.24, 2.45) is 5.92 Å². The van der Waals surface area contributed by atoms with Crippen molar-refractivity contribution < 1.29 is 0 Å². The van der Waals surface area contributed by atoms with E-state index < -0.39 is 0 Å². The Morgan fingerprint density at radius 3 is 2.75 bits per heavy atom. The maximum atomic E-state index is 11.7. The smallest absolute Gasteiger partial charge is 0.266 e. The number of aryl methyl sites for hydroxylation is 2. The summed E-state index contributed by atoms with van der Waals surface area (Å²) in [6.45, 7) is 6.24. The number of hydrogen-bond donors (Lipinski definition) is 0. The molecule has 0 aliphatic carbocycles. The van der Waals surface area contributed by atoms with E-state index in [4.69, 9.17) is 0 Å². The molecular formula is C14H17N5O. The van der Waals surface area contributed by atoms with Gasteiger partial charge >= 0.3 is 0 Å². The molecule has 1 fully saturated rings. The van der Waals surface area contributed by atoms with Crippen molar-refractivity contribution in [3.05, 3.63) is 46.1 Å². The Kier molecular flexibility index (Phi) is 3.22. The molecule has 104 valence electrons. The van der Waals surface area contributed by atoms with Crippen LogP contribution in [0.2, 0.25) is 0 Å². The first kappa shape index (κ1) is 12.8. The normalized spacial score (nSPS) is 15.2. The molecule has 0 amide bonds. The predicted octanol–water partition coefficient (Wildman–Crippen LogP) is 0.787. The van der Waals surface area contributed by atoms with E-state index in [1.807, 2.05) is 19.9 Å². The van der Waals surface area contributed by atoms with Gasteiger partial charge in [-0.15, -0.1) is 0 Å². The molecule has 0 radical (unpaired) electrons. The van der Waals surface area contributed by atoms with Crippen LogP contribution >= 0.6 is 0 Å². The summed E-state index contributed by atoms with van der Waals surface area (Å²) in [7, 11) is 0. The van der Waals surface area contributed by atoms with Gasteiger partial charge in [0.1, 0.15) is 0 Å². The van der Waals surface area contributed by atoms with Gasteiger partial charge in [-0.25, -0.2) is 14.6 Å². The van der Waals surface area contributed by atoms with E-state index in [0.29, 0.717) is 12.5 Å². The molecule has 2 aromatic heterocycles. The van der Waals surface area contributed by atoms with Crippen LogP contribution in [0.1, 0.15) is 11.4 Å². The van der Waals surface area contributed by atoms with Crippen molar-refractivity contribution in [3.8, 4) is 0 Å². The lowest BCUT2D eigenvalue weighted by atomic mass is 10.0. The van der Waals surface area contributed by atoms with Crippen molar-refractivity contribution in [1.82, 2.24) is 19.7 Å². The van der Waals surface area contributed by atoms with Gasteiger partial charge in [0.25, 0.3) is 5.56 Å². The zero-order valence-corrected chi connectivity index (χ0v) is 11.7. The molecule has 0 spiro atoms. The zero-order valence-electron chi connectivity index (χ0n) is 11.7. The van der Waals surface area contributed by atoms with Gasteiger partial charge < -0.3 is 4.90 Å². The summed E-state index contributed by atoms with van der Waals surface area (Å²) in [5, 5.41) is 4.26. The molecule has 6 heteroatoms. The van der Waals surface area contributed by atoms with E-state index in [-0.39, 0.29) is 5.56 Å². The fourth-order valence-corrected chi connectivity index (χ4v) is 2.36. The quantitative estimate of drug-likeness (QED) is 0.825. The van der Waals surface area contributed by atoms with E-state index >= 15 is 0 Å². The third-order valence-electron chi connectivity index (χ3n) is 3.45. The second-order valence-electron chi connectivity index (χ2n) is 5.26. The molecule has 3 rings (SSSR count). The summed E-state index contributed by atoms with van der Waals surface area (Å²) in [5.74, 6) is 1.19. The standard InChI is InChI=1S/C14H17N5O/c1-10-5-6-15-14(16-10)18-7-12(8-18)9-19-13(20)4-3-11(2)17-19/h3-6,12H,7-9H2,1-2H3. The number of hydrogen-bond acceptors (Lipinski definition) is 5. The molecule has 0 aromatic carbocycles. The molecule has 1 aliphatic rings. The number of anilines is 1. The Morgan fingerprint density at radius 1 is 1.20 bits per heavy atom. The highest BCUT2D eigenvalue weighted by molar-refractivity contribution is 5.34. The van der Waals surface area contributed by atoms with E-state index in [2.05, 4.69) is 20.0 Å². The van der Waals surface area contributed by atoms with Gasteiger partial charge in [-0.1, -0.05) is 0 Å². The monoisotopic (exact) mass is 271 g/mol. The second kappa shape index (κ2) is 5.03. The summed E-state index contributed by atoms with van der Waals surface area (Å²) >= 11 is 0. The minimum absolute atomic E-state index is 0.0409. The Morgan fingerprint density at radius 2 is 2.00 bits per heavy atom. The molecular weight excluding hydrogens is 254 g/mol. The van der Waals surface area contributed by atoms with Gasteiger partial charge in [-0.05, 0) is 26.0 Å². The van der Waals surface area contributed by atoms with Crippen LogP contribution in [0.25, 0.3) is 0 Å². The molecule has 1 saturated heterocycles. The van der Waals surface area contributed by atoms with E-state index in [1.54, 1.807) is 23.0 Å². The second-order valence-corrected chi connectivity index (χ2v) is 5.26. The van der Waals surface area contributed by atoms with Gasteiger partial charge in [-0.2, -0.15) is 5.10 Å². The number of nitrogens with zero attached hydrogens (tertiary/aromatic N) is 5. The first-order valence-electron chi connectivity index (χ1n) is 6.71. The van der Waals surface area contributed by atoms with Crippen molar-refractivity contribution in [1.29, 1.82) is 0 Å². The Bertz CT molecular complexity index is 675. The average Bonchev–Trinajstić information content (AvgIpc) is 2.37. The van der Waals surface area contributed by atoms with Crippen LogP contribution in [0, 0.1) is 19.8 Å². The van der Waals surface area contributed by atoms with Gasteiger partial charge in [0, 0.05) is 37.0 Å². The van der Waals surface area contributed by atoms with Crippen LogP contribution in [-0.4, -0.2) is 32.8 Å². The molecule has 0 saturated carbocycles. The molecule has 0 unspecified atom stereocenters. The SMILES string of the molecule is Cc1ccnc(N2CC(Cn3nc(C)ccc3=O)C2)n1. The van der Waals surface area contributed by atoms with Crippen LogP contribution in [0.4, 0.5) is 5.95 Å². The highest BCUT2D eigenvalue weighted by Gasteiger charge is 2.29. The first-order chi connectivity index (χ1) is 9.61. The molecule has 2 aromatic rings. The summed E-state index contributed by atoms with van der Waals surface area (Å²) < 4.78 is 1.55. The maximum absolute atomic E-state index is 11.7. The first-order valence-corrected chi connectivity index (χ1v) is 6.71. The van der Waals surface area contributed by atoms with Crippen LogP contribution in [0.5, 0.6) is 0 Å². The van der Waals surface area contributed by atoms with Gasteiger partial charge in [0.05, 0.1) is 12.2 Å². The molecule has 3 heterocycles. The van der Waals surface area contributed by atoms with E-state index in [1.165, 1.54) is 0 Å². The average molecular weight is 271 g/mol. The highest BCUT2D eigenvalue weighted by atomic mass is 16.1. The fourth-order valence-electron chi connectivity index (χ4n) is 2.36. The molecule has 0 N–H and O–H groups in total. The minimum atomic E-state index is -0.0409. The highest BCUT2D eigenvalue weighted by Crippen LogP contribution is 2.21. The summed E-state index contributed by atoms with van der Waals surface area (Å²) in [6.07, 6.45) is 1.78. The maximum Gasteiger partial charge on any atom is 0.266 e. The number of rotatable bonds is 3. The van der Waals surface area contributed by atoms with Gasteiger partial charge in [0.15, 0.2) is 0 Å². The van der Waals surface area contributed by atoms with Crippen molar-refractivity contribution in [2.75, 3.05) is 18.0 Å². The summed E-state index contributed by atoms with van der Waals surface area (Å²) in [5.41, 5.74) is 1.79. The third-order valence-corrected chi connectivity index (χ3v) is 3.45. The topological polar surface area (TPSA) is 63.9 Å². The van der Waals surface area contributed by atoms with Gasteiger partial charge in [0.2, 0.25) is 5.95 Å². The molecule has 0 atom stereocenters. The predicted molar refractivity (Wildman–Crippen MR) is 75.7 cm³/mol. The largest absolute Gasteiger partial charge is 0.340 e. The molecule has 1 aliphatic heterocycles. The fraction of sp³-hybridized carbons (Fsp3) is 0.429. The minimum Gasteiger partial charge on any atom is -0.340 e. The van der Waals surface area contributed by atoms with E-state index in [9.17, 15) is 4.79 Å². The summed E-state index contributed by atoms with van der Waals surface area (Å²) in [6, 6.07) is 5.20. The Hall–Kier alpha value is -2.24. The van der Waals surface area contributed by atoms with Crippen molar-refractivity contribution in [3.63, 3.8) is 0 Å². The summed E-state index contributed by atoms with van der Waals surface area (Å²) in [4.78, 5) is 22.5. The van der Waals surface area contributed by atoms with Crippen LogP contribution < -0.4 is 10.5 Å². The van der Waals surface area contributed by atoms with Crippen LogP contribution in [0.15, 0.2) is 29.2 Å². The third kappa shape index (κ3) is 2.54. The zero-order chi connectivity index (χ0) is 14.1. The lowest BCUT2D eigenvalue weighted by molar-refractivity contribution is 0.329.